The maximum atomic E-state index is 11.6. The van der Waals surface area contributed by atoms with E-state index in [0.29, 0.717) is 6.54 Å². The second-order valence-corrected chi connectivity index (χ2v) is 3.85. The molecular formula is C11H20N4O2. The van der Waals surface area contributed by atoms with Crippen molar-refractivity contribution in [1.29, 1.82) is 0 Å². The summed E-state index contributed by atoms with van der Waals surface area (Å²) in [6.07, 6.45) is 4.48. The van der Waals surface area contributed by atoms with Gasteiger partial charge in [-0.15, -0.1) is 5.10 Å². The minimum Gasteiger partial charge on any atom is -0.396 e. The molecule has 1 aromatic heterocycles. The van der Waals surface area contributed by atoms with Crippen LogP contribution in [0.3, 0.4) is 0 Å². The highest BCUT2D eigenvalue weighted by atomic mass is 16.2. The van der Waals surface area contributed by atoms with Gasteiger partial charge in [-0.05, 0) is 12.8 Å². The summed E-state index contributed by atoms with van der Waals surface area (Å²) in [5.74, 6) is 0.693. The maximum absolute atomic E-state index is 11.6. The molecule has 3 N–H and O–H groups in total. The van der Waals surface area contributed by atoms with Gasteiger partial charge in [-0.1, -0.05) is 19.8 Å². The highest BCUT2D eigenvalue weighted by molar-refractivity contribution is 5.90. The average molecular weight is 240 g/mol. The van der Waals surface area contributed by atoms with Crippen LogP contribution in [0.15, 0.2) is 0 Å². The first-order valence-electron chi connectivity index (χ1n) is 6.08. The number of unbranched alkanes of at least 4 members (excludes halogenated alkanes) is 3. The van der Waals surface area contributed by atoms with Crippen molar-refractivity contribution >= 4 is 5.91 Å². The fourth-order valence-corrected chi connectivity index (χ4v) is 1.43. The lowest BCUT2D eigenvalue weighted by Crippen LogP contribution is -2.25. The number of aliphatic hydroxyl groups excluding tert-OH is 1. The number of nitrogens with zero attached hydrogens (tertiary/aromatic N) is 2. The van der Waals surface area contributed by atoms with Crippen LogP contribution >= 0.6 is 0 Å². The molecule has 0 aliphatic carbocycles. The molecule has 0 atom stereocenters. The number of aromatic amines is 1. The standard InChI is InChI=1S/C11H20N4O2/c1-2-9-13-10(15-14-9)11(17)12-7-5-3-4-6-8-16/h16H,2-8H2,1H3,(H,12,17)(H,13,14,15). The van der Waals surface area contributed by atoms with Crippen molar-refractivity contribution < 1.29 is 9.90 Å². The van der Waals surface area contributed by atoms with Gasteiger partial charge in [0.15, 0.2) is 0 Å². The topological polar surface area (TPSA) is 90.9 Å². The van der Waals surface area contributed by atoms with Crippen LogP contribution in [0.2, 0.25) is 0 Å². The largest absolute Gasteiger partial charge is 0.396 e. The van der Waals surface area contributed by atoms with E-state index in [-0.39, 0.29) is 18.3 Å². The van der Waals surface area contributed by atoms with Gasteiger partial charge in [0, 0.05) is 19.6 Å². The Morgan fingerprint density at radius 1 is 1.35 bits per heavy atom. The molecule has 6 nitrogen and oxygen atoms in total. The Morgan fingerprint density at radius 3 is 2.76 bits per heavy atom. The quantitative estimate of drug-likeness (QED) is 0.582. The lowest BCUT2D eigenvalue weighted by molar-refractivity contribution is 0.0942. The van der Waals surface area contributed by atoms with E-state index >= 15 is 0 Å². The van der Waals surface area contributed by atoms with Crippen LogP contribution in [0.25, 0.3) is 0 Å². The number of rotatable bonds is 8. The van der Waals surface area contributed by atoms with Gasteiger partial charge in [-0.3, -0.25) is 9.89 Å². The number of hydrogen-bond acceptors (Lipinski definition) is 4. The van der Waals surface area contributed by atoms with Gasteiger partial charge in [0.05, 0.1) is 0 Å². The first kappa shape index (κ1) is 13.6. The summed E-state index contributed by atoms with van der Waals surface area (Å²) in [5.41, 5.74) is 0. The molecule has 17 heavy (non-hydrogen) atoms. The van der Waals surface area contributed by atoms with Crippen LogP contribution < -0.4 is 5.32 Å². The lowest BCUT2D eigenvalue weighted by Gasteiger charge is -2.01. The molecule has 0 saturated heterocycles. The number of carbonyl (C=O) groups excluding carboxylic acids is 1. The maximum Gasteiger partial charge on any atom is 0.290 e. The van der Waals surface area contributed by atoms with Crippen molar-refractivity contribution in [3.8, 4) is 0 Å². The molecule has 0 fully saturated rings. The van der Waals surface area contributed by atoms with Crippen molar-refractivity contribution in [3.63, 3.8) is 0 Å². The summed E-state index contributed by atoms with van der Waals surface area (Å²) in [4.78, 5) is 15.6. The number of aliphatic hydroxyl groups is 1. The zero-order chi connectivity index (χ0) is 12.5. The van der Waals surface area contributed by atoms with E-state index in [1.165, 1.54) is 0 Å². The van der Waals surface area contributed by atoms with Gasteiger partial charge < -0.3 is 10.4 Å². The van der Waals surface area contributed by atoms with Crippen molar-refractivity contribution in [2.75, 3.05) is 13.2 Å². The van der Waals surface area contributed by atoms with Crippen LogP contribution in [-0.2, 0) is 6.42 Å². The normalized spacial score (nSPS) is 10.5. The summed E-state index contributed by atoms with van der Waals surface area (Å²) in [6.45, 7) is 2.81. The van der Waals surface area contributed by atoms with Crippen molar-refractivity contribution in [1.82, 2.24) is 20.5 Å². The van der Waals surface area contributed by atoms with Gasteiger partial charge in [0.1, 0.15) is 5.82 Å². The van der Waals surface area contributed by atoms with Crippen LogP contribution in [0.1, 0.15) is 49.1 Å². The molecule has 0 saturated carbocycles. The summed E-state index contributed by atoms with van der Waals surface area (Å²) < 4.78 is 0. The first-order valence-corrected chi connectivity index (χ1v) is 6.08. The molecule has 0 aromatic carbocycles. The SMILES string of the molecule is CCc1nc(C(=O)NCCCCCCO)n[nH]1. The fraction of sp³-hybridized carbons (Fsp3) is 0.727. The zero-order valence-electron chi connectivity index (χ0n) is 10.2. The Labute approximate surface area is 101 Å². The number of carbonyl (C=O) groups is 1. The van der Waals surface area contributed by atoms with Crippen molar-refractivity contribution in [2.24, 2.45) is 0 Å². The molecule has 0 aliphatic heterocycles. The molecule has 1 heterocycles. The minimum absolute atomic E-state index is 0.206. The van der Waals surface area contributed by atoms with Gasteiger partial charge in [-0.25, -0.2) is 4.98 Å². The van der Waals surface area contributed by atoms with E-state index in [0.717, 1.165) is 37.9 Å². The third-order valence-corrected chi connectivity index (χ3v) is 2.44. The first-order chi connectivity index (χ1) is 8.27. The second kappa shape index (κ2) is 7.78. The smallest absolute Gasteiger partial charge is 0.290 e. The number of amides is 1. The predicted molar refractivity (Wildman–Crippen MR) is 63.6 cm³/mol. The number of hydrogen-bond donors (Lipinski definition) is 3. The Morgan fingerprint density at radius 2 is 2.12 bits per heavy atom. The van der Waals surface area contributed by atoms with Crippen molar-refractivity contribution in [3.05, 3.63) is 11.6 Å². The Balaban J connectivity index is 2.16. The molecule has 0 aliphatic rings. The van der Waals surface area contributed by atoms with E-state index in [9.17, 15) is 4.79 Å². The third-order valence-electron chi connectivity index (χ3n) is 2.44. The summed E-state index contributed by atoms with van der Waals surface area (Å²) >= 11 is 0. The molecule has 96 valence electrons. The van der Waals surface area contributed by atoms with Gasteiger partial charge in [-0.2, -0.15) is 0 Å². The molecule has 0 bridgehead atoms. The molecule has 0 spiro atoms. The minimum atomic E-state index is -0.233. The lowest BCUT2D eigenvalue weighted by atomic mass is 10.2. The molecule has 6 heteroatoms. The van der Waals surface area contributed by atoms with E-state index < -0.39 is 0 Å². The third kappa shape index (κ3) is 4.95. The molecule has 1 rings (SSSR count). The van der Waals surface area contributed by atoms with Gasteiger partial charge in [0.25, 0.3) is 5.91 Å². The van der Waals surface area contributed by atoms with E-state index in [4.69, 9.17) is 5.11 Å². The number of nitrogens with one attached hydrogen (secondary N) is 2. The summed E-state index contributed by atoms with van der Waals surface area (Å²) in [6, 6.07) is 0. The average Bonchev–Trinajstić information content (AvgIpc) is 2.82. The molecule has 0 radical (unpaired) electrons. The predicted octanol–water partition coefficient (Wildman–Crippen LogP) is 0.650. The zero-order valence-corrected chi connectivity index (χ0v) is 10.2. The molecular weight excluding hydrogens is 220 g/mol. The van der Waals surface area contributed by atoms with Gasteiger partial charge >= 0.3 is 0 Å². The van der Waals surface area contributed by atoms with Gasteiger partial charge in [0.2, 0.25) is 5.82 Å². The Bertz CT molecular complexity index is 338. The second-order valence-electron chi connectivity index (χ2n) is 3.85. The summed E-state index contributed by atoms with van der Waals surface area (Å²) in [7, 11) is 0. The Kier molecular flexibility index (Phi) is 6.24. The molecule has 1 aromatic rings. The van der Waals surface area contributed by atoms with Crippen LogP contribution in [-0.4, -0.2) is 39.3 Å². The van der Waals surface area contributed by atoms with Crippen molar-refractivity contribution in [2.45, 2.75) is 39.0 Å². The van der Waals surface area contributed by atoms with E-state index in [2.05, 4.69) is 20.5 Å². The monoisotopic (exact) mass is 240 g/mol. The Hall–Kier alpha value is -1.43. The van der Waals surface area contributed by atoms with Crippen LogP contribution in [0.5, 0.6) is 0 Å². The van der Waals surface area contributed by atoms with Crippen LogP contribution in [0.4, 0.5) is 0 Å². The number of H-pyrrole nitrogens is 1. The highest BCUT2D eigenvalue weighted by Crippen LogP contribution is 1.98. The highest BCUT2D eigenvalue weighted by Gasteiger charge is 2.10. The number of aromatic nitrogens is 3. The molecule has 1 amide bonds. The van der Waals surface area contributed by atoms with Crippen LogP contribution in [0, 0.1) is 0 Å². The van der Waals surface area contributed by atoms with E-state index in [1.54, 1.807) is 0 Å². The van der Waals surface area contributed by atoms with E-state index in [1.807, 2.05) is 6.92 Å². The molecule has 0 unspecified atom stereocenters. The summed E-state index contributed by atoms with van der Waals surface area (Å²) in [5, 5.41) is 17.9. The number of aryl methyl sites for hydroxylation is 1. The fourth-order valence-electron chi connectivity index (χ4n) is 1.43.